The molecule has 0 bridgehead atoms. The highest BCUT2D eigenvalue weighted by Crippen LogP contribution is 2.24. The van der Waals surface area contributed by atoms with Crippen LogP contribution in [-0.4, -0.2) is 7.05 Å². The first-order valence-electron chi connectivity index (χ1n) is 5.97. The van der Waals surface area contributed by atoms with Gasteiger partial charge in [-0.2, -0.15) is 0 Å². The zero-order valence-corrected chi connectivity index (χ0v) is 12.0. The van der Waals surface area contributed by atoms with Crippen LogP contribution in [0.25, 0.3) is 0 Å². The standard InChI is InChI=1S/C15H14BrF2N/c1-19-15(8-10-2-5-12(17)6-3-10)13-9-11(16)4-7-14(13)18/h2-7,9,15,19H,8H2,1H3. The monoisotopic (exact) mass is 325 g/mol. The summed E-state index contributed by atoms with van der Waals surface area (Å²) in [4.78, 5) is 0. The van der Waals surface area contributed by atoms with Gasteiger partial charge in [-0.3, -0.25) is 0 Å². The normalized spacial score (nSPS) is 12.4. The van der Waals surface area contributed by atoms with Gasteiger partial charge in [0, 0.05) is 16.1 Å². The first-order valence-corrected chi connectivity index (χ1v) is 6.76. The SMILES string of the molecule is CNC(Cc1ccc(F)cc1)c1cc(Br)ccc1F. The molecule has 0 aliphatic heterocycles. The third-order valence-electron chi connectivity index (χ3n) is 3.04. The summed E-state index contributed by atoms with van der Waals surface area (Å²) >= 11 is 3.34. The van der Waals surface area contributed by atoms with E-state index in [4.69, 9.17) is 0 Å². The Morgan fingerprint density at radius 2 is 1.79 bits per heavy atom. The van der Waals surface area contributed by atoms with Gasteiger partial charge in [0.15, 0.2) is 0 Å². The number of nitrogens with one attached hydrogen (secondary N) is 1. The van der Waals surface area contributed by atoms with Crippen molar-refractivity contribution in [2.45, 2.75) is 12.5 Å². The highest BCUT2D eigenvalue weighted by molar-refractivity contribution is 9.10. The molecular formula is C15H14BrF2N. The topological polar surface area (TPSA) is 12.0 Å². The van der Waals surface area contributed by atoms with E-state index < -0.39 is 0 Å². The van der Waals surface area contributed by atoms with Gasteiger partial charge in [0.1, 0.15) is 11.6 Å². The van der Waals surface area contributed by atoms with Crippen molar-refractivity contribution in [3.05, 3.63) is 69.7 Å². The Bertz CT molecular complexity index is 555. The van der Waals surface area contributed by atoms with E-state index in [1.807, 2.05) is 0 Å². The molecular weight excluding hydrogens is 312 g/mol. The maximum atomic E-state index is 13.9. The summed E-state index contributed by atoms with van der Waals surface area (Å²) < 4.78 is 27.6. The Balaban J connectivity index is 2.24. The molecule has 0 heterocycles. The van der Waals surface area contributed by atoms with Crippen LogP contribution in [0.1, 0.15) is 17.2 Å². The van der Waals surface area contributed by atoms with Crippen LogP contribution in [0.3, 0.4) is 0 Å². The second kappa shape index (κ2) is 6.26. The molecule has 0 spiro atoms. The largest absolute Gasteiger partial charge is 0.313 e. The Kier molecular flexibility index (Phi) is 4.66. The van der Waals surface area contributed by atoms with Crippen molar-refractivity contribution in [3.63, 3.8) is 0 Å². The van der Waals surface area contributed by atoms with Crippen LogP contribution in [0, 0.1) is 11.6 Å². The van der Waals surface area contributed by atoms with Gasteiger partial charge in [0.25, 0.3) is 0 Å². The fraction of sp³-hybridized carbons (Fsp3) is 0.200. The average molecular weight is 326 g/mol. The lowest BCUT2D eigenvalue weighted by molar-refractivity contribution is 0.533. The predicted octanol–water partition coefficient (Wildman–Crippen LogP) is 4.23. The van der Waals surface area contributed by atoms with Crippen LogP contribution in [0.4, 0.5) is 8.78 Å². The highest BCUT2D eigenvalue weighted by Gasteiger charge is 2.15. The van der Waals surface area contributed by atoms with Crippen LogP contribution in [0.5, 0.6) is 0 Å². The summed E-state index contributed by atoms with van der Waals surface area (Å²) in [6, 6.07) is 11.0. The number of halogens is 3. The Hall–Kier alpha value is -1.26. The Morgan fingerprint density at radius 3 is 2.42 bits per heavy atom. The van der Waals surface area contributed by atoms with Gasteiger partial charge in [0.05, 0.1) is 0 Å². The minimum absolute atomic E-state index is 0.150. The van der Waals surface area contributed by atoms with Crippen molar-refractivity contribution >= 4 is 15.9 Å². The lowest BCUT2D eigenvalue weighted by Crippen LogP contribution is -2.20. The van der Waals surface area contributed by atoms with E-state index in [1.54, 1.807) is 31.3 Å². The molecule has 0 saturated heterocycles. The minimum Gasteiger partial charge on any atom is -0.313 e. The summed E-state index contributed by atoms with van der Waals surface area (Å²) in [5.74, 6) is -0.511. The second-order valence-electron chi connectivity index (χ2n) is 4.34. The van der Waals surface area contributed by atoms with Crippen molar-refractivity contribution in [1.82, 2.24) is 5.32 Å². The van der Waals surface area contributed by atoms with Crippen molar-refractivity contribution in [2.24, 2.45) is 0 Å². The molecule has 2 aromatic carbocycles. The van der Waals surface area contributed by atoms with E-state index in [0.29, 0.717) is 12.0 Å². The number of hydrogen-bond acceptors (Lipinski definition) is 1. The van der Waals surface area contributed by atoms with Crippen LogP contribution in [0.2, 0.25) is 0 Å². The van der Waals surface area contributed by atoms with E-state index in [2.05, 4.69) is 21.2 Å². The zero-order chi connectivity index (χ0) is 13.8. The smallest absolute Gasteiger partial charge is 0.128 e. The van der Waals surface area contributed by atoms with Crippen molar-refractivity contribution in [3.8, 4) is 0 Å². The third-order valence-corrected chi connectivity index (χ3v) is 3.53. The molecule has 19 heavy (non-hydrogen) atoms. The third kappa shape index (κ3) is 3.61. The van der Waals surface area contributed by atoms with E-state index in [1.165, 1.54) is 18.2 Å². The molecule has 0 aliphatic carbocycles. The summed E-state index contributed by atoms with van der Waals surface area (Å²) in [6.07, 6.45) is 0.601. The number of hydrogen-bond donors (Lipinski definition) is 1. The predicted molar refractivity (Wildman–Crippen MR) is 76.0 cm³/mol. The maximum Gasteiger partial charge on any atom is 0.128 e. The number of rotatable bonds is 4. The summed E-state index contributed by atoms with van der Waals surface area (Å²) in [5.41, 5.74) is 1.56. The molecule has 0 aromatic heterocycles. The molecule has 0 fully saturated rings. The van der Waals surface area contributed by atoms with Crippen molar-refractivity contribution in [1.29, 1.82) is 0 Å². The van der Waals surface area contributed by atoms with Crippen LogP contribution < -0.4 is 5.32 Å². The van der Waals surface area contributed by atoms with Gasteiger partial charge in [-0.05, 0) is 49.4 Å². The molecule has 1 atom stereocenters. The Labute approximate surface area is 119 Å². The molecule has 2 aromatic rings. The first-order chi connectivity index (χ1) is 9.10. The molecule has 1 N–H and O–H groups in total. The molecule has 1 unspecified atom stereocenters. The molecule has 0 amide bonds. The zero-order valence-electron chi connectivity index (χ0n) is 10.5. The molecule has 2 rings (SSSR count). The fourth-order valence-corrected chi connectivity index (χ4v) is 2.38. The maximum absolute atomic E-state index is 13.9. The van der Waals surface area contributed by atoms with Crippen molar-refractivity contribution < 1.29 is 8.78 Å². The molecule has 100 valence electrons. The van der Waals surface area contributed by atoms with E-state index >= 15 is 0 Å². The highest BCUT2D eigenvalue weighted by atomic mass is 79.9. The van der Waals surface area contributed by atoms with Gasteiger partial charge in [-0.25, -0.2) is 8.78 Å². The van der Waals surface area contributed by atoms with Gasteiger partial charge in [0.2, 0.25) is 0 Å². The first kappa shape index (κ1) is 14.2. The van der Waals surface area contributed by atoms with Crippen LogP contribution in [-0.2, 0) is 6.42 Å². The number of likely N-dealkylation sites (N-methyl/N-ethyl adjacent to an activating group) is 1. The summed E-state index contributed by atoms with van der Waals surface area (Å²) in [7, 11) is 1.79. The number of benzene rings is 2. The summed E-state index contributed by atoms with van der Waals surface area (Å²) in [5, 5.41) is 3.09. The van der Waals surface area contributed by atoms with E-state index in [9.17, 15) is 8.78 Å². The average Bonchev–Trinajstić information content (AvgIpc) is 2.41. The molecule has 4 heteroatoms. The van der Waals surface area contributed by atoms with Gasteiger partial charge < -0.3 is 5.32 Å². The molecule has 0 aliphatic rings. The Morgan fingerprint density at radius 1 is 1.11 bits per heavy atom. The van der Waals surface area contributed by atoms with E-state index in [0.717, 1.165) is 10.0 Å². The molecule has 1 nitrogen and oxygen atoms in total. The quantitative estimate of drug-likeness (QED) is 0.887. The van der Waals surface area contributed by atoms with E-state index in [-0.39, 0.29) is 17.7 Å². The lowest BCUT2D eigenvalue weighted by Gasteiger charge is -2.18. The van der Waals surface area contributed by atoms with Gasteiger partial charge in [-0.15, -0.1) is 0 Å². The second-order valence-corrected chi connectivity index (χ2v) is 5.25. The minimum atomic E-state index is -0.265. The van der Waals surface area contributed by atoms with Crippen LogP contribution >= 0.6 is 15.9 Å². The molecule has 0 saturated carbocycles. The lowest BCUT2D eigenvalue weighted by atomic mass is 9.98. The van der Waals surface area contributed by atoms with Gasteiger partial charge >= 0.3 is 0 Å². The van der Waals surface area contributed by atoms with Crippen molar-refractivity contribution in [2.75, 3.05) is 7.05 Å². The van der Waals surface area contributed by atoms with Crippen LogP contribution in [0.15, 0.2) is 46.9 Å². The fourth-order valence-electron chi connectivity index (χ4n) is 2.01. The molecule has 0 radical (unpaired) electrons. The van der Waals surface area contributed by atoms with Gasteiger partial charge in [-0.1, -0.05) is 28.1 Å². The summed E-state index contributed by atoms with van der Waals surface area (Å²) in [6.45, 7) is 0.